The maximum Gasteiger partial charge on any atom is 0.327 e. The largest absolute Gasteiger partial charge is 0.478 e. The molecule has 0 bridgehead atoms. The summed E-state index contributed by atoms with van der Waals surface area (Å²) in [5.74, 6) is -0.663. The minimum Gasteiger partial charge on any atom is -0.478 e. The van der Waals surface area contributed by atoms with Crippen LogP contribution in [-0.4, -0.2) is 23.8 Å². The second kappa shape index (κ2) is 2.84. The average Bonchev–Trinajstić information content (AvgIpc) is 2.63. The van der Waals surface area contributed by atoms with Crippen molar-refractivity contribution in [2.24, 2.45) is 5.92 Å². The zero-order chi connectivity index (χ0) is 7.56. The molecule has 3 heteroatoms. The summed E-state index contributed by atoms with van der Waals surface area (Å²) in [7, 11) is 0. The average molecular weight is 142 g/mol. The van der Waals surface area contributed by atoms with Crippen LogP contribution >= 0.6 is 0 Å². The predicted octanol–water partition coefficient (Wildman–Crippen LogP) is 0.662. The van der Waals surface area contributed by atoms with E-state index in [0.29, 0.717) is 0 Å². The molecule has 0 amide bonds. The van der Waals surface area contributed by atoms with Gasteiger partial charge in [0.1, 0.15) is 0 Å². The summed E-state index contributed by atoms with van der Waals surface area (Å²) in [5.41, 5.74) is 0. The fourth-order valence-corrected chi connectivity index (χ4v) is 0.717. The van der Waals surface area contributed by atoms with E-state index in [2.05, 4.69) is 0 Å². The van der Waals surface area contributed by atoms with E-state index >= 15 is 0 Å². The van der Waals surface area contributed by atoms with Crippen LogP contribution in [0.1, 0.15) is 6.92 Å². The van der Waals surface area contributed by atoms with Crippen molar-refractivity contribution in [1.82, 2.24) is 0 Å². The van der Waals surface area contributed by atoms with E-state index in [1.165, 1.54) is 0 Å². The number of carboxylic acids is 1. The number of hydrogen-bond donors (Lipinski definition) is 1. The summed E-state index contributed by atoms with van der Waals surface area (Å²) >= 11 is 0. The Labute approximate surface area is 59.3 Å². The summed E-state index contributed by atoms with van der Waals surface area (Å²) in [6.07, 6.45) is 3.07. The lowest BCUT2D eigenvalue weighted by Gasteiger charge is -1.96. The second-order valence-corrected chi connectivity index (χ2v) is 2.43. The van der Waals surface area contributed by atoms with Crippen LogP contribution in [0.25, 0.3) is 0 Å². The van der Waals surface area contributed by atoms with Crippen LogP contribution in [0, 0.1) is 5.92 Å². The Morgan fingerprint density at radius 3 is 2.90 bits per heavy atom. The SMILES string of the molecule is CC(/C=C/C(=O)O)[C@@H]1CO1. The number of carbonyl (C=O) groups is 1. The van der Waals surface area contributed by atoms with E-state index in [1.54, 1.807) is 6.08 Å². The fourth-order valence-electron chi connectivity index (χ4n) is 0.717. The third-order valence-corrected chi connectivity index (χ3v) is 1.49. The van der Waals surface area contributed by atoms with Crippen LogP contribution in [0.4, 0.5) is 0 Å². The quantitative estimate of drug-likeness (QED) is 0.465. The van der Waals surface area contributed by atoms with Gasteiger partial charge in [0.2, 0.25) is 0 Å². The summed E-state index contributed by atoms with van der Waals surface area (Å²) in [6.45, 7) is 2.71. The van der Waals surface area contributed by atoms with Crippen molar-refractivity contribution in [1.29, 1.82) is 0 Å². The standard InChI is InChI=1S/C7H10O3/c1-5(6-4-10-6)2-3-7(8)9/h2-3,5-6H,4H2,1H3,(H,8,9)/b3-2+/t5?,6-/m0/s1. The maximum atomic E-state index is 10.0. The van der Waals surface area contributed by atoms with Crippen LogP contribution in [0.15, 0.2) is 12.2 Å². The van der Waals surface area contributed by atoms with E-state index in [1.807, 2.05) is 6.92 Å². The Hall–Kier alpha value is -0.830. The van der Waals surface area contributed by atoms with Gasteiger partial charge in [0.15, 0.2) is 0 Å². The van der Waals surface area contributed by atoms with Gasteiger partial charge in [-0.25, -0.2) is 4.79 Å². The first-order chi connectivity index (χ1) is 4.70. The van der Waals surface area contributed by atoms with Gasteiger partial charge in [-0.2, -0.15) is 0 Å². The molecule has 1 aliphatic heterocycles. The van der Waals surface area contributed by atoms with Crippen LogP contribution in [0.2, 0.25) is 0 Å². The lowest BCUT2D eigenvalue weighted by molar-refractivity contribution is -0.131. The van der Waals surface area contributed by atoms with Gasteiger partial charge in [-0.15, -0.1) is 0 Å². The minimum atomic E-state index is -0.896. The number of epoxide rings is 1. The molecular weight excluding hydrogens is 132 g/mol. The lowest BCUT2D eigenvalue weighted by atomic mass is 10.1. The highest BCUT2D eigenvalue weighted by molar-refractivity contribution is 5.79. The van der Waals surface area contributed by atoms with Gasteiger partial charge >= 0.3 is 5.97 Å². The predicted molar refractivity (Wildman–Crippen MR) is 35.7 cm³/mol. The Morgan fingerprint density at radius 1 is 1.90 bits per heavy atom. The van der Waals surface area contributed by atoms with Crippen molar-refractivity contribution in [2.75, 3.05) is 6.61 Å². The zero-order valence-corrected chi connectivity index (χ0v) is 5.78. The van der Waals surface area contributed by atoms with Gasteiger partial charge in [0.25, 0.3) is 0 Å². The first-order valence-electron chi connectivity index (χ1n) is 3.23. The molecule has 0 saturated carbocycles. The Balaban J connectivity index is 2.28. The molecule has 1 unspecified atom stereocenters. The van der Waals surface area contributed by atoms with Crippen LogP contribution < -0.4 is 0 Å². The molecule has 0 aliphatic carbocycles. The molecule has 56 valence electrons. The number of aliphatic carboxylic acids is 1. The highest BCUT2D eigenvalue weighted by Crippen LogP contribution is 2.20. The molecule has 1 N–H and O–H groups in total. The highest BCUT2D eigenvalue weighted by atomic mass is 16.6. The zero-order valence-electron chi connectivity index (χ0n) is 5.78. The molecule has 0 aromatic carbocycles. The van der Waals surface area contributed by atoms with Crippen molar-refractivity contribution < 1.29 is 14.6 Å². The van der Waals surface area contributed by atoms with Crippen molar-refractivity contribution in [3.63, 3.8) is 0 Å². The summed E-state index contributed by atoms with van der Waals surface area (Å²) in [5, 5.41) is 8.24. The molecule has 2 atom stereocenters. The summed E-state index contributed by atoms with van der Waals surface area (Å²) in [6, 6.07) is 0. The normalized spacial score (nSPS) is 26.7. The molecule has 0 spiro atoms. The van der Waals surface area contributed by atoms with Crippen molar-refractivity contribution in [3.05, 3.63) is 12.2 Å². The van der Waals surface area contributed by atoms with Crippen molar-refractivity contribution in [2.45, 2.75) is 13.0 Å². The van der Waals surface area contributed by atoms with Crippen LogP contribution in [0.3, 0.4) is 0 Å². The Kier molecular flexibility index (Phi) is 2.06. The number of carboxylic acid groups (broad SMARTS) is 1. The highest BCUT2D eigenvalue weighted by Gasteiger charge is 2.27. The molecule has 1 heterocycles. The van der Waals surface area contributed by atoms with E-state index in [4.69, 9.17) is 9.84 Å². The molecule has 1 rings (SSSR count). The number of ether oxygens (including phenoxy) is 1. The second-order valence-electron chi connectivity index (χ2n) is 2.43. The fraction of sp³-hybridized carbons (Fsp3) is 0.571. The van der Waals surface area contributed by atoms with Crippen molar-refractivity contribution >= 4 is 5.97 Å². The van der Waals surface area contributed by atoms with Gasteiger partial charge < -0.3 is 9.84 Å². The van der Waals surface area contributed by atoms with Gasteiger partial charge in [0, 0.05) is 12.0 Å². The van der Waals surface area contributed by atoms with Crippen LogP contribution in [-0.2, 0) is 9.53 Å². The molecule has 1 aliphatic rings. The first kappa shape index (κ1) is 7.28. The van der Waals surface area contributed by atoms with E-state index < -0.39 is 5.97 Å². The molecule has 1 saturated heterocycles. The van der Waals surface area contributed by atoms with Gasteiger partial charge in [-0.05, 0) is 0 Å². The van der Waals surface area contributed by atoms with Gasteiger partial charge in [0.05, 0.1) is 12.7 Å². The Morgan fingerprint density at radius 2 is 2.50 bits per heavy atom. The number of rotatable bonds is 3. The monoisotopic (exact) mass is 142 g/mol. The molecule has 3 nitrogen and oxygen atoms in total. The molecule has 0 aromatic rings. The van der Waals surface area contributed by atoms with E-state index in [-0.39, 0.29) is 12.0 Å². The van der Waals surface area contributed by atoms with Crippen molar-refractivity contribution in [3.8, 4) is 0 Å². The molecule has 0 aromatic heterocycles. The number of hydrogen-bond acceptors (Lipinski definition) is 2. The van der Waals surface area contributed by atoms with Gasteiger partial charge in [-0.3, -0.25) is 0 Å². The maximum absolute atomic E-state index is 10.0. The lowest BCUT2D eigenvalue weighted by Crippen LogP contribution is -1.99. The topological polar surface area (TPSA) is 49.8 Å². The minimum absolute atomic E-state index is 0.232. The summed E-state index contributed by atoms with van der Waals surface area (Å²) < 4.78 is 4.96. The van der Waals surface area contributed by atoms with Crippen LogP contribution in [0.5, 0.6) is 0 Å². The van der Waals surface area contributed by atoms with E-state index in [9.17, 15) is 4.79 Å². The molecule has 10 heavy (non-hydrogen) atoms. The smallest absolute Gasteiger partial charge is 0.327 e. The van der Waals surface area contributed by atoms with E-state index in [0.717, 1.165) is 12.7 Å². The Bertz CT molecular complexity index is 158. The summed E-state index contributed by atoms with van der Waals surface area (Å²) in [4.78, 5) is 10.0. The third-order valence-electron chi connectivity index (χ3n) is 1.49. The van der Waals surface area contributed by atoms with Gasteiger partial charge in [-0.1, -0.05) is 13.0 Å². The first-order valence-corrected chi connectivity index (χ1v) is 3.23. The molecular formula is C7H10O3. The molecule has 0 radical (unpaired) electrons. The third kappa shape index (κ3) is 2.19. The molecule has 1 fully saturated rings.